The van der Waals surface area contributed by atoms with Crippen molar-refractivity contribution in [3.05, 3.63) is 24.3 Å². The van der Waals surface area contributed by atoms with Crippen molar-refractivity contribution in [1.82, 2.24) is 5.32 Å². The molecular formula is C15H21N3O3. The van der Waals surface area contributed by atoms with Crippen LogP contribution in [0.4, 0.5) is 16.2 Å². The molecule has 6 heteroatoms. The molecule has 1 fully saturated rings. The Bertz CT molecular complexity index is 481. The number of nitrogens with zero attached hydrogens (tertiary/aromatic N) is 1. The van der Waals surface area contributed by atoms with E-state index >= 15 is 0 Å². The summed E-state index contributed by atoms with van der Waals surface area (Å²) in [6, 6.07) is 7.74. The molecule has 1 saturated heterocycles. The fourth-order valence-electron chi connectivity index (χ4n) is 2.27. The van der Waals surface area contributed by atoms with Gasteiger partial charge in [-0.25, -0.2) is 4.79 Å². The Morgan fingerprint density at radius 1 is 1.19 bits per heavy atom. The highest BCUT2D eigenvalue weighted by Gasteiger charge is 2.12. The zero-order valence-corrected chi connectivity index (χ0v) is 12.2. The summed E-state index contributed by atoms with van der Waals surface area (Å²) >= 11 is 0. The predicted molar refractivity (Wildman–Crippen MR) is 81.5 cm³/mol. The number of nitrogens with one attached hydrogen (secondary N) is 2. The second kappa shape index (κ2) is 7.52. The first-order valence-electron chi connectivity index (χ1n) is 7.24. The molecule has 0 aromatic heterocycles. The van der Waals surface area contributed by atoms with Crippen molar-refractivity contribution in [2.45, 2.75) is 19.8 Å². The molecule has 6 nitrogen and oxygen atoms in total. The van der Waals surface area contributed by atoms with Crippen molar-refractivity contribution in [2.24, 2.45) is 0 Å². The van der Waals surface area contributed by atoms with E-state index in [1.165, 1.54) is 18.5 Å². The standard InChI is InChI=1S/C15H21N3O3/c1-2-21-15(20)16-11-14(19)17-12-5-7-13(8-6-12)18-9-3-4-10-18/h5-8H,2-4,9-11H2,1H3,(H,16,20)(H,17,19). The molecule has 0 spiro atoms. The second-order valence-corrected chi connectivity index (χ2v) is 4.86. The fraction of sp³-hybridized carbons (Fsp3) is 0.467. The van der Waals surface area contributed by atoms with Crippen molar-refractivity contribution in [3.63, 3.8) is 0 Å². The summed E-state index contributed by atoms with van der Waals surface area (Å²) in [4.78, 5) is 25.1. The minimum Gasteiger partial charge on any atom is -0.450 e. The Labute approximate surface area is 124 Å². The Kier molecular flexibility index (Phi) is 5.43. The predicted octanol–water partition coefficient (Wildman–Crippen LogP) is 1.97. The van der Waals surface area contributed by atoms with Crippen LogP contribution in [0.25, 0.3) is 0 Å². The number of benzene rings is 1. The van der Waals surface area contributed by atoms with Crippen LogP contribution in [0.15, 0.2) is 24.3 Å². The molecule has 1 aliphatic heterocycles. The number of anilines is 2. The van der Waals surface area contributed by atoms with Crippen LogP contribution in [0.5, 0.6) is 0 Å². The largest absolute Gasteiger partial charge is 0.450 e. The summed E-state index contributed by atoms with van der Waals surface area (Å²) in [5.41, 5.74) is 1.89. The van der Waals surface area contributed by atoms with E-state index in [9.17, 15) is 9.59 Å². The molecule has 0 aliphatic carbocycles. The highest BCUT2D eigenvalue weighted by atomic mass is 16.5. The number of hydrogen-bond acceptors (Lipinski definition) is 4. The smallest absolute Gasteiger partial charge is 0.407 e. The molecule has 1 aromatic carbocycles. The van der Waals surface area contributed by atoms with Crippen LogP contribution in [0, 0.1) is 0 Å². The normalized spacial score (nSPS) is 13.9. The molecule has 2 rings (SSSR count). The second-order valence-electron chi connectivity index (χ2n) is 4.86. The third kappa shape index (κ3) is 4.66. The number of carbonyl (C=O) groups excluding carboxylic acids is 2. The zero-order valence-electron chi connectivity index (χ0n) is 12.2. The molecule has 1 heterocycles. The number of amides is 2. The Hall–Kier alpha value is -2.24. The Morgan fingerprint density at radius 3 is 2.48 bits per heavy atom. The first kappa shape index (κ1) is 15.2. The highest BCUT2D eigenvalue weighted by molar-refractivity contribution is 5.93. The van der Waals surface area contributed by atoms with E-state index in [1.807, 2.05) is 24.3 Å². The maximum absolute atomic E-state index is 11.7. The van der Waals surface area contributed by atoms with Crippen LogP contribution in [-0.2, 0) is 9.53 Å². The van der Waals surface area contributed by atoms with Gasteiger partial charge in [-0.3, -0.25) is 4.79 Å². The molecule has 0 saturated carbocycles. The summed E-state index contributed by atoms with van der Waals surface area (Å²) in [6.07, 6.45) is 1.88. The van der Waals surface area contributed by atoms with Crippen LogP contribution in [0.3, 0.4) is 0 Å². The van der Waals surface area contributed by atoms with Crippen LogP contribution in [0.1, 0.15) is 19.8 Å². The highest BCUT2D eigenvalue weighted by Crippen LogP contribution is 2.21. The van der Waals surface area contributed by atoms with E-state index in [0.717, 1.165) is 13.1 Å². The van der Waals surface area contributed by atoms with Gasteiger partial charge >= 0.3 is 6.09 Å². The topological polar surface area (TPSA) is 70.7 Å². The molecule has 0 bridgehead atoms. The van der Waals surface area contributed by atoms with Crippen LogP contribution in [-0.4, -0.2) is 38.2 Å². The third-order valence-electron chi connectivity index (χ3n) is 3.29. The summed E-state index contributed by atoms with van der Waals surface area (Å²) in [6.45, 7) is 4.07. The molecule has 21 heavy (non-hydrogen) atoms. The van der Waals surface area contributed by atoms with Crippen molar-refractivity contribution in [1.29, 1.82) is 0 Å². The molecular weight excluding hydrogens is 270 g/mol. The van der Waals surface area contributed by atoms with E-state index in [0.29, 0.717) is 5.69 Å². The maximum Gasteiger partial charge on any atom is 0.407 e. The van der Waals surface area contributed by atoms with Gasteiger partial charge in [0.15, 0.2) is 0 Å². The van der Waals surface area contributed by atoms with Gasteiger partial charge in [0, 0.05) is 24.5 Å². The van der Waals surface area contributed by atoms with Crippen LogP contribution in [0.2, 0.25) is 0 Å². The molecule has 0 unspecified atom stereocenters. The first-order valence-corrected chi connectivity index (χ1v) is 7.24. The number of carbonyl (C=O) groups is 2. The molecule has 2 N–H and O–H groups in total. The molecule has 2 amide bonds. The van der Waals surface area contributed by atoms with Crippen molar-refractivity contribution < 1.29 is 14.3 Å². The third-order valence-corrected chi connectivity index (χ3v) is 3.29. The van der Waals surface area contributed by atoms with Gasteiger partial charge in [0.25, 0.3) is 0 Å². The van der Waals surface area contributed by atoms with E-state index in [4.69, 9.17) is 0 Å². The van der Waals surface area contributed by atoms with Gasteiger partial charge in [-0.05, 0) is 44.0 Å². The molecule has 1 aromatic rings. The molecule has 0 atom stereocenters. The lowest BCUT2D eigenvalue weighted by Gasteiger charge is -2.17. The van der Waals surface area contributed by atoms with Gasteiger partial charge in [0.2, 0.25) is 5.91 Å². The number of hydrogen-bond donors (Lipinski definition) is 2. The number of alkyl carbamates (subject to hydrolysis) is 1. The van der Waals surface area contributed by atoms with E-state index in [-0.39, 0.29) is 19.1 Å². The average Bonchev–Trinajstić information content (AvgIpc) is 3.00. The van der Waals surface area contributed by atoms with Crippen LogP contribution >= 0.6 is 0 Å². The summed E-state index contributed by atoms with van der Waals surface area (Å²) < 4.78 is 4.68. The summed E-state index contributed by atoms with van der Waals surface area (Å²) in [5.74, 6) is -0.281. The van der Waals surface area contributed by atoms with Gasteiger partial charge in [0.05, 0.1) is 6.61 Å². The first-order chi connectivity index (χ1) is 10.2. The monoisotopic (exact) mass is 291 g/mol. The SMILES string of the molecule is CCOC(=O)NCC(=O)Nc1ccc(N2CCCC2)cc1. The lowest BCUT2D eigenvalue weighted by atomic mass is 10.2. The van der Waals surface area contributed by atoms with Crippen molar-refractivity contribution >= 4 is 23.4 Å². The van der Waals surface area contributed by atoms with Gasteiger partial charge in [0.1, 0.15) is 6.54 Å². The average molecular weight is 291 g/mol. The fourth-order valence-corrected chi connectivity index (χ4v) is 2.27. The molecule has 114 valence electrons. The van der Waals surface area contributed by atoms with Gasteiger partial charge in [-0.15, -0.1) is 0 Å². The van der Waals surface area contributed by atoms with E-state index in [1.54, 1.807) is 6.92 Å². The van der Waals surface area contributed by atoms with Crippen molar-refractivity contribution in [2.75, 3.05) is 36.5 Å². The van der Waals surface area contributed by atoms with Gasteiger partial charge < -0.3 is 20.3 Å². The Balaban J connectivity index is 1.79. The lowest BCUT2D eigenvalue weighted by Crippen LogP contribution is -2.33. The molecule has 1 aliphatic rings. The minimum absolute atomic E-state index is 0.104. The number of ether oxygens (including phenoxy) is 1. The van der Waals surface area contributed by atoms with Crippen LogP contribution < -0.4 is 15.5 Å². The minimum atomic E-state index is -0.586. The number of rotatable bonds is 5. The summed E-state index contributed by atoms with van der Waals surface area (Å²) in [5, 5.41) is 5.11. The quantitative estimate of drug-likeness (QED) is 0.870. The zero-order chi connectivity index (χ0) is 15.1. The van der Waals surface area contributed by atoms with E-state index in [2.05, 4.69) is 20.3 Å². The summed E-state index contributed by atoms with van der Waals surface area (Å²) in [7, 11) is 0. The lowest BCUT2D eigenvalue weighted by molar-refractivity contribution is -0.115. The van der Waals surface area contributed by atoms with Crippen molar-refractivity contribution in [3.8, 4) is 0 Å². The van der Waals surface area contributed by atoms with Gasteiger partial charge in [-0.2, -0.15) is 0 Å². The van der Waals surface area contributed by atoms with Gasteiger partial charge in [-0.1, -0.05) is 0 Å². The Morgan fingerprint density at radius 2 is 1.86 bits per heavy atom. The van der Waals surface area contributed by atoms with E-state index < -0.39 is 6.09 Å². The molecule has 0 radical (unpaired) electrons. The maximum atomic E-state index is 11.7.